The molecule has 7 nitrogen and oxygen atoms in total. The Balaban J connectivity index is 1.95. The molecule has 1 aliphatic carbocycles. The highest BCUT2D eigenvalue weighted by Gasteiger charge is 2.37. The minimum Gasteiger partial charge on any atom is -0.348 e. The average molecular weight is 291 g/mol. The number of nitrogens with one attached hydrogen (secondary N) is 1. The lowest BCUT2D eigenvalue weighted by Crippen LogP contribution is -2.35. The van der Waals surface area contributed by atoms with E-state index in [9.17, 15) is 10.1 Å². The molecule has 1 aliphatic heterocycles. The molecule has 1 unspecified atom stereocenters. The fraction of sp³-hybridized carbons (Fsp3) is 0.643. The van der Waals surface area contributed by atoms with E-state index in [-0.39, 0.29) is 10.6 Å². The molecule has 1 saturated carbocycles. The smallest absolute Gasteiger partial charge is 0.311 e. The molecule has 0 aromatic carbocycles. The van der Waals surface area contributed by atoms with Crippen LogP contribution in [0.5, 0.6) is 0 Å². The van der Waals surface area contributed by atoms with E-state index < -0.39 is 0 Å². The van der Waals surface area contributed by atoms with Gasteiger partial charge < -0.3 is 10.3 Å². The summed E-state index contributed by atoms with van der Waals surface area (Å²) in [4.78, 5) is 17.4. The number of aromatic nitrogens is 1. The zero-order valence-electron chi connectivity index (χ0n) is 12.0. The molecule has 0 bridgehead atoms. The third-order valence-electron chi connectivity index (χ3n) is 4.71. The number of nitrogen functional groups attached to an aromatic ring is 1. The fourth-order valence-electron chi connectivity index (χ4n) is 3.76. The Morgan fingerprint density at radius 1 is 1.29 bits per heavy atom. The van der Waals surface area contributed by atoms with Crippen LogP contribution in [0, 0.1) is 16.0 Å². The van der Waals surface area contributed by atoms with Crippen molar-refractivity contribution in [2.75, 3.05) is 16.9 Å². The van der Waals surface area contributed by atoms with Crippen molar-refractivity contribution in [3.63, 3.8) is 0 Å². The number of anilines is 2. The van der Waals surface area contributed by atoms with Crippen molar-refractivity contribution in [1.29, 1.82) is 0 Å². The number of pyridine rings is 1. The number of nitro groups is 1. The maximum absolute atomic E-state index is 11.3. The van der Waals surface area contributed by atoms with Gasteiger partial charge in [0, 0.05) is 18.7 Å². The van der Waals surface area contributed by atoms with Gasteiger partial charge in [0.05, 0.1) is 4.92 Å². The van der Waals surface area contributed by atoms with Crippen molar-refractivity contribution >= 4 is 17.3 Å². The molecular weight excluding hydrogens is 270 g/mol. The van der Waals surface area contributed by atoms with Gasteiger partial charge >= 0.3 is 5.69 Å². The first-order chi connectivity index (χ1) is 10.2. The number of rotatable bonds is 4. The molecule has 2 fully saturated rings. The highest BCUT2D eigenvalue weighted by atomic mass is 16.6. The van der Waals surface area contributed by atoms with E-state index >= 15 is 0 Å². The Bertz CT molecular complexity index is 530. The molecule has 0 radical (unpaired) electrons. The largest absolute Gasteiger partial charge is 0.348 e. The van der Waals surface area contributed by atoms with Crippen LogP contribution >= 0.6 is 0 Å². The monoisotopic (exact) mass is 291 g/mol. The minimum atomic E-state index is -0.355. The van der Waals surface area contributed by atoms with Gasteiger partial charge in [-0.05, 0) is 37.7 Å². The zero-order valence-corrected chi connectivity index (χ0v) is 12.0. The topological polar surface area (TPSA) is 97.3 Å². The summed E-state index contributed by atoms with van der Waals surface area (Å²) in [6, 6.07) is 3.41. The van der Waals surface area contributed by atoms with Gasteiger partial charge in [-0.1, -0.05) is 12.8 Å². The summed E-state index contributed by atoms with van der Waals surface area (Å²) in [5.41, 5.74) is 2.55. The Hall–Kier alpha value is -1.89. The summed E-state index contributed by atoms with van der Waals surface area (Å²) >= 11 is 0. The summed E-state index contributed by atoms with van der Waals surface area (Å²) in [6.45, 7) is 0.836. The summed E-state index contributed by atoms with van der Waals surface area (Å²) < 4.78 is 0. The van der Waals surface area contributed by atoms with Gasteiger partial charge in [0.25, 0.3) is 0 Å². The number of hydrazine groups is 1. The van der Waals surface area contributed by atoms with Crippen LogP contribution in [0.15, 0.2) is 12.1 Å². The minimum absolute atomic E-state index is 0.0684. The molecule has 1 aromatic heterocycles. The third-order valence-corrected chi connectivity index (χ3v) is 4.71. The van der Waals surface area contributed by atoms with Crippen molar-refractivity contribution in [3.05, 3.63) is 22.2 Å². The standard InChI is InChI=1S/C14H21N5O2/c15-17-13-8-7-12(19(20)21)14(16-13)18-9-3-6-11(18)10-4-1-2-5-10/h7-8,10-11H,1-6,9,15H2,(H,16,17). The highest BCUT2D eigenvalue weighted by Crippen LogP contribution is 2.40. The van der Waals surface area contributed by atoms with Crippen molar-refractivity contribution in [1.82, 2.24) is 4.98 Å². The van der Waals surface area contributed by atoms with Gasteiger partial charge in [-0.3, -0.25) is 10.1 Å². The normalized spacial score (nSPS) is 22.7. The van der Waals surface area contributed by atoms with Crippen LogP contribution in [0.3, 0.4) is 0 Å². The van der Waals surface area contributed by atoms with Crippen LogP contribution in [0.25, 0.3) is 0 Å². The van der Waals surface area contributed by atoms with Crippen LogP contribution < -0.4 is 16.2 Å². The summed E-state index contributed by atoms with van der Waals surface area (Å²) in [7, 11) is 0. The fourth-order valence-corrected chi connectivity index (χ4v) is 3.76. The summed E-state index contributed by atoms with van der Waals surface area (Å²) in [5.74, 6) is 6.97. The molecule has 1 atom stereocenters. The molecular formula is C14H21N5O2. The van der Waals surface area contributed by atoms with E-state index in [4.69, 9.17) is 5.84 Å². The molecule has 1 saturated heterocycles. The number of hydrogen-bond donors (Lipinski definition) is 2. The van der Waals surface area contributed by atoms with E-state index in [1.165, 1.54) is 31.7 Å². The quantitative estimate of drug-likeness (QED) is 0.502. The number of nitrogens with two attached hydrogens (primary N) is 1. The maximum atomic E-state index is 11.3. The lowest BCUT2D eigenvalue weighted by Gasteiger charge is -2.30. The SMILES string of the molecule is NNc1ccc([N+](=O)[O-])c(N2CCCC2C2CCCC2)n1. The van der Waals surface area contributed by atoms with E-state index in [0.717, 1.165) is 19.4 Å². The lowest BCUT2D eigenvalue weighted by molar-refractivity contribution is -0.384. The average Bonchev–Trinajstić information content (AvgIpc) is 3.16. The van der Waals surface area contributed by atoms with Crippen LogP contribution in [0.4, 0.5) is 17.3 Å². The van der Waals surface area contributed by atoms with Crippen LogP contribution in [0.1, 0.15) is 38.5 Å². The maximum Gasteiger partial charge on any atom is 0.311 e. The third kappa shape index (κ3) is 2.65. The zero-order chi connectivity index (χ0) is 14.8. The number of nitrogens with zero attached hydrogens (tertiary/aromatic N) is 3. The Labute approximate surface area is 123 Å². The summed E-state index contributed by atoms with van der Waals surface area (Å²) in [5, 5.41) is 11.3. The summed E-state index contributed by atoms with van der Waals surface area (Å²) in [6.07, 6.45) is 7.17. The Kier molecular flexibility index (Phi) is 3.92. The molecule has 21 heavy (non-hydrogen) atoms. The predicted molar refractivity (Wildman–Crippen MR) is 81.0 cm³/mol. The van der Waals surface area contributed by atoms with E-state index in [1.807, 2.05) is 0 Å². The Morgan fingerprint density at radius 2 is 2.05 bits per heavy atom. The molecule has 2 aliphatic rings. The first-order valence-corrected chi connectivity index (χ1v) is 7.59. The molecule has 0 amide bonds. The molecule has 114 valence electrons. The molecule has 3 rings (SSSR count). The van der Waals surface area contributed by atoms with E-state index in [0.29, 0.717) is 23.6 Å². The highest BCUT2D eigenvalue weighted by molar-refractivity contribution is 5.62. The second kappa shape index (κ2) is 5.85. The number of hydrogen-bond acceptors (Lipinski definition) is 6. The van der Waals surface area contributed by atoms with Gasteiger partial charge in [0.15, 0.2) is 0 Å². The molecule has 1 aromatic rings. The second-order valence-electron chi connectivity index (χ2n) is 5.89. The first-order valence-electron chi connectivity index (χ1n) is 7.59. The van der Waals surface area contributed by atoms with Gasteiger partial charge in [0.1, 0.15) is 5.82 Å². The van der Waals surface area contributed by atoms with Crippen LogP contribution in [-0.4, -0.2) is 22.5 Å². The molecule has 3 N–H and O–H groups in total. The van der Waals surface area contributed by atoms with Gasteiger partial charge in [-0.25, -0.2) is 10.8 Å². The van der Waals surface area contributed by atoms with Crippen molar-refractivity contribution in [2.45, 2.75) is 44.6 Å². The van der Waals surface area contributed by atoms with E-state index in [2.05, 4.69) is 15.3 Å². The van der Waals surface area contributed by atoms with Crippen molar-refractivity contribution < 1.29 is 4.92 Å². The second-order valence-corrected chi connectivity index (χ2v) is 5.89. The van der Waals surface area contributed by atoms with Crippen molar-refractivity contribution in [2.24, 2.45) is 11.8 Å². The Morgan fingerprint density at radius 3 is 2.71 bits per heavy atom. The van der Waals surface area contributed by atoms with Crippen LogP contribution in [0.2, 0.25) is 0 Å². The van der Waals surface area contributed by atoms with Crippen LogP contribution in [-0.2, 0) is 0 Å². The molecule has 0 spiro atoms. The molecule has 2 heterocycles. The van der Waals surface area contributed by atoms with Gasteiger partial charge in [-0.15, -0.1) is 0 Å². The molecule has 7 heteroatoms. The van der Waals surface area contributed by atoms with E-state index in [1.54, 1.807) is 6.07 Å². The predicted octanol–water partition coefficient (Wildman–Crippen LogP) is 2.43. The van der Waals surface area contributed by atoms with Crippen molar-refractivity contribution in [3.8, 4) is 0 Å². The van der Waals surface area contributed by atoms with Gasteiger partial charge in [-0.2, -0.15) is 0 Å². The van der Waals surface area contributed by atoms with Gasteiger partial charge in [0.2, 0.25) is 5.82 Å². The first kappa shape index (κ1) is 14.1. The lowest BCUT2D eigenvalue weighted by atomic mass is 9.96.